The van der Waals surface area contributed by atoms with Gasteiger partial charge in [0.1, 0.15) is 5.82 Å². The molecule has 2 rings (SSSR count). The van der Waals surface area contributed by atoms with Crippen molar-refractivity contribution in [3.05, 3.63) is 35.1 Å². The number of rotatable bonds is 7. The Morgan fingerprint density at radius 2 is 2.21 bits per heavy atom. The van der Waals surface area contributed by atoms with Crippen LogP contribution in [0.2, 0.25) is 0 Å². The normalized spacial score (nSPS) is 14.4. The summed E-state index contributed by atoms with van der Waals surface area (Å²) in [6.07, 6.45) is 3.67. The van der Waals surface area contributed by atoms with E-state index < -0.39 is 0 Å². The van der Waals surface area contributed by atoms with Crippen molar-refractivity contribution in [2.24, 2.45) is 0 Å². The van der Waals surface area contributed by atoms with Crippen molar-refractivity contribution in [3.63, 3.8) is 0 Å². The van der Waals surface area contributed by atoms with Crippen molar-refractivity contribution in [3.8, 4) is 0 Å². The molecule has 104 valence electrons. The number of hydrogen-bond donors (Lipinski definition) is 2. The van der Waals surface area contributed by atoms with E-state index in [1.54, 1.807) is 12.1 Å². The first-order valence-corrected chi connectivity index (χ1v) is 6.90. The fraction of sp³-hybridized carbons (Fsp3) is 0.533. The van der Waals surface area contributed by atoms with Crippen molar-refractivity contribution in [1.29, 1.82) is 0 Å². The Balaban J connectivity index is 1.59. The average Bonchev–Trinajstić information content (AvgIpc) is 3.15. The molecule has 0 heterocycles. The molecule has 4 heteroatoms. The molecule has 0 spiro atoms. The van der Waals surface area contributed by atoms with Crippen molar-refractivity contribution >= 4 is 5.91 Å². The molecule has 1 aliphatic rings. The zero-order valence-electron chi connectivity index (χ0n) is 11.3. The summed E-state index contributed by atoms with van der Waals surface area (Å²) < 4.78 is 12.9. The van der Waals surface area contributed by atoms with Crippen molar-refractivity contribution in [1.82, 2.24) is 10.6 Å². The van der Waals surface area contributed by atoms with Gasteiger partial charge < -0.3 is 10.6 Å². The van der Waals surface area contributed by atoms with Gasteiger partial charge in [0.2, 0.25) is 5.91 Å². The molecule has 2 N–H and O–H groups in total. The summed E-state index contributed by atoms with van der Waals surface area (Å²) in [7, 11) is 0. The van der Waals surface area contributed by atoms with Gasteiger partial charge in [-0.3, -0.25) is 4.79 Å². The summed E-state index contributed by atoms with van der Waals surface area (Å²) in [4.78, 5) is 11.4. The molecule has 0 aliphatic heterocycles. The third-order valence-corrected chi connectivity index (χ3v) is 3.32. The van der Waals surface area contributed by atoms with Gasteiger partial charge in [-0.25, -0.2) is 4.39 Å². The number of nitrogens with one attached hydrogen (secondary N) is 2. The van der Waals surface area contributed by atoms with Crippen LogP contribution in [-0.2, 0) is 11.3 Å². The predicted octanol–water partition coefficient (Wildman–Crippen LogP) is 2.28. The van der Waals surface area contributed by atoms with Gasteiger partial charge in [0, 0.05) is 19.0 Å². The van der Waals surface area contributed by atoms with E-state index >= 15 is 0 Å². The summed E-state index contributed by atoms with van der Waals surface area (Å²) in [5, 5.41) is 6.25. The standard InChI is InChI=1S/C15H21FN2O/c1-11-9-13(16)5-4-12(11)10-17-8-2-3-15(19)18-14-6-7-14/h4-5,9,14,17H,2-3,6-8,10H2,1H3,(H,18,19). The van der Waals surface area contributed by atoms with E-state index in [0.29, 0.717) is 12.5 Å². The lowest BCUT2D eigenvalue weighted by molar-refractivity contribution is -0.121. The average molecular weight is 264 g/mol. The first-order valence-electron chi connectivity index (χ1n) is 6.90. The second-order valence-corrected chi connectivity index (χ2v) is 5.19. The third-order valence-electron chi connectivity index (χ3n) is 3.32. The Morgan fingerprint density at radius 1 is 1.42 bits per heavy atom. The molecule has 1 aromatic carbocycles. The van der Waals surface area contributed by atoms with Crippen molar-refractivity contribution < 1.29 is 9.18 Å². The topological polar surface area (TPSA) is 41.1 Å². The molecule has 1 aromatic rings. The van der Waals surface area contributed by atoms with Crippen molar-refractivity contribution in [2.45, 2.75) is 45.2 Å². The Labute approximate surface area is 113 Å². The number of carbonyl (C=O) groups excluding carboxylic acids is 1. The van der Waals surface area contributed by atoms with Crippen LogP contribution < -0.4 is 10.6 Å². The molecule has 0 bridgehead atoms. The first kappa shape index (κ1) is 14.0. The maximum atomic E-state index is 12.9. The molecule has 1 fully saturated rings. The van der Waals surface area contributed by atoms with E-state index in [4.69, 9.17) is 0 Å². The Bertz CT molecular complexity index is 444. The highest BCUT2D eigenvalue weighted by atomic mass is 19.1. The van der Waals surface area contributed by atoms with Crippen LogP contribution in [0.3, 0.4) is 0 Å². The second-order valence-electron chi connectivity index (χ2n) is 5.19. The quantitative estimate of drug-likeness (QED) is 0.742. The van der Waals surface area contributed by atoms with Gasteiger partial charge in [0.05, 0.1) is 0 Å². The Morgan fingerprint density at radius 3 is 2.89 bits per heavy atom. The summed E-state index contributed by atoms with van der Waals surface area (Å²) in [6.45, 7) is 3.43. The molecule has 19 heavy (non-hydrogen) atoms. The fourth-order valence-electron chi connectivity index (χ4n) is 1.98. The Kier molecular flexibility index (Phi) is 4.91. The molecule has 3 nitrogen and oxygen atoms in total. The van der Waals surface area contributed by atoms with E-state index in [9.17, 15) is 9.18 Å². The van der Waals surface area contributed by atoms with Crippen LogP contribution in [0.15, 0.2) is 18.2 Å². The van der Waals surface area contributed by atoms with E-state index in [-0.39, 0.29) is 11.7 Å². The zero-order chi connectivity index (χ0) is 13.7. The van der Waals surface area contributed by atoms with Crippen LogP contribution in [0.5, 0.6) is 0 Å². The van der Waals surface area contributed by atoms with Crippen LogP contribution in [0.4, 0.5) is 4.39 Å². The van der Waals surface area contributed by atoms with Crippen molar-refractivity contribution in [2.75, 3.05) is 6.54 Å². The van der Waals surface area contributed by atoms with E-state index in [0.717, 1.165) is 43.5 Å². The predicted molar refractivity (Wildman–Crippen MR) is 73.2 cm³/mol. The second kappa shape index (κ2) is 6.66. The minimum atomic E-state index is -0.196. The zero-order valence-corrected chi connectivity index (χ0v) is 11.3. The summed E-state index contributed by atoms with van der Waals surface area (Å²) >= 11 is 0. The Hall–Kier alpha value is -1.42. The maximum Gasteiger partial charge on any atom is 0.220 e. The molecule has 1 aliphatic carbocycles. The van der Waals surface area contributed by atoms with Crippen LogP contribution in [0.25, 0.3) is 0 Å². The third kappa shape index (κ3) is 4.99. The van der Waals surface area contributed by atoms with Crippen LogP contribution in [-0.4, -0.2) is 18.5 Å². The minimum absolute atomic E-state index is 0.155. The van der Waals surface area contributed by atoms with Gasteiger partial charge >= 0.3 is 0 Å². The van der Waals surface area contributed by atoms with Gasteiger partial charge in [-0.2, -0.15) is 0 Å². The van der Waals surface area contributed by atoms with Gasteiger partial charge in [0.25, 0.3) is 0 Å². The van der Waals surface area contributed by atoms with E-state index in [1.807, 2.05) is 6.92 Å². The molecule has 0 saturated heterocycles. The molecule has 0 radical (unpaired) electrons. The number of carbonyl (C=O) groups is 1. The van der Waals surface area contributed by atoms with Crippen LogP contribution in [0, 0.1) is 12.7 Å². The number of amides is 1. The summed E-state index contributed by atoms with van der Waals surface area (Å²) in [5.41, 5.74) is 2.06. The lowest BCUT2D eigenvalue weighted by atomic mass is 10.1. The molecule has 0 atom stereocenters. The maximum absolute atomic E-state index is 12.9. The highest BCUT2D eigenvalue weighted by Gasteiger charge is 2.22. The number of aryl methyl sites for hydroxylation is 1. The SMILES string of the molecule is Cc1cc(F)ccc1CNCCCC(=O)NC1CC1. The highest BCUT2D eigenvalue weighted by Crippen LogP contribution is 2.18. The van der Waals surface area contributed by atoms with Crippen LogP contribution in [0.1, 0.15) is 36.8 Å². The lowest BCUT2D eigenvalue weighted by Gasteiger charge is -2.08. The largest absolute Gasteiger partial charge is 0.353 e. The van der Waals surface area contributed by atoms with E-state index in [2.05, 4.69) is 10.6 Å². The van der Waals surface area contributed by atoms with Gasteiger partial charge in [0.15, 0.2) is 0 Å². The minimum Gasteiger partial charge on any atom is -0.353 e. The molecule has 0 aromatic heterocycles. The molecule has 1 saturated carbocycles. The molecular weight excluding hydrogens is 243 g/mol. The van der Waals surface area contributed by atoms with E-state index in [1.165, 1.54) is 6.07 Å². The van der Waals surface area contributed by atoms with Gasteiger partial charge in [-0.1, -0.05) is 6.07 Å². The summed E-state index contributed by atoms with van der Waals surface area (Å²) in [5.74, 6) is -0.0414. The monoisotopic (exact) mass is 264 g/mol. The number of benzene rings is 1. The first-order chi connectivity index (χ1) is 9.15. The summed E-state index contributed by atoms with van der Waals surface area (Å²) in [6, 6.07) is 5.27. The van der Waals surface area contributed by atoms with Gasteiger partial charge in [-0.05, 0) is 56.0 Å². The molecule has 1 amide bonds. The smallest absolute Gasteiger partial charge is 0.220 e. The lowest BCUT2D eigenvalue weighted by Crippen LogP contribution is -2.26. The molecular formula is C15H21FN2O. The number of hydrogen-bond acceptors (Lipinski definition) is 2. The fourth-order valence-corrected chi connectivity index (χ4v) is 1.98. The number of halogens is 1. The van der Waals surface area contributed by atoms with Crippen LogP contribution >= 0.6 is 0 Å². The molecule has 0 unspecified atom stereocenters. The van der Waals surface area contributed by atoms with Gasteiger partial charge in [-0.15, -0.1) is 0 Å². The highest BCUT2D eigenvalue weighted by molar-refractivity contribution is 5.76.